The molecule has 3 nitrogen and oxygen atoms in total. The van der Waals surface area contributed by atoms with Crippen LogP contribution in [-0.4, -0.2) is 36.5 Å². The van der Waals surface area contributed by atoms with E-state index in [1.807, 2.05) is 11.9 Å². The Balaban J connectivity index is 0.00000225. The highest BCUT2D eigenvalue weighted by atomic mass is 35.5. The highest BCUT2D eigenvalue weighted by Crippen LogP contribution is 2.19. The Morgan fingerprint density at radius 1 is 1.56 bits per heavy atom. The third-order valence-electron chi connectivity index (χ3n) is 3.57. The maximum Gasteiger partial charge on any atom is 0.225 e. The van der Waals surface area contributed by atoms with Crippen molar-refractivity contribution in [1.29, 1.82) is 0 Å². The van der Waals surface area contributed by atoms with E-state index in [1.54, 1.807) is 0 Å². The maximum absolute atomic E-state index is 12.1. The van der Waals surface area contributed by atoms with Gasteiger partial charge in [0, 0.05) is 25.0 Å². The van der Waals surface area contributed by atoms with E-state index in [-0.39, 0.29) is 18.3 Å². The van der Waals surface area contributed by atoms with E-state index >= 15 is 0 Å². The van der Waals surface area contributed by atoms with Crippen molar-refractivity contribution in [2.45, 2.75) is 52.1 Å². The Hall–Kier alpha value is -0.280. The van der Waals surface area contributed by atoms with Gasteiger partial charge in [0.15, 0.2) is 0 Å². The van der Waals surface area contributed by atoms with E-state index in [0.29, 0.717) is 18.0 Å². The molecule has 1 saturated heterocycles. The van der Waals surface area contributed by atoms with E-state index in [2.05, 4.69) is 26.1 Å². The largest absolute Gasteiger partial charge is 0.343 e. The number of nitrogens with one attached hydrogen (secondary N) is 1. The van der Waals surface area contributed by atoms with Gasteiger partial charge in [-0.2, -0.15) is 0 Å². The van der Waals surface area contributed by atoms with Gasteiger partial charge in [0.25, 0.3) is 0 Å². The Bertz CT molecular complexity index is 223. The minimum atomic E-state index is 0. The van der Waals surface area contributed by atoms with Crippen molar-refractivity contribution < 1.29 is 4.79 Å². The van der Waals surface area contributed by atoms with Gasteiger partial charge >= 0.3 is 0 Å². The molecule has 1 aliphatic heterocycles. The van der Waals surface area contributed by atoms with Crippen LogP contribution in [0.25, 0.3) is 0 Å². The second-order valence-electron chi connectivity index (χ2n) is 4.78. The van der Waals surface area contributed by atoms with Crippen LogP contribution in [0.15, 0.2) is 0 Å². The molecule has 96 valence electrons. The zero-order chi connectivity index (χ0) is 11.4. The Morgan fingerprint density at radius 2 is 2.19 bits per heavy atom. The number of piperidine rings is 1. The number of halogens is 1. The van der Waals surface area contributed by atoms with Gasteiger partial charge in [-0.3, -0.25) is 4.79 Å². The van der Waals surface area contributed by atoms with Crippen molar-refractivity contribution in [2.75, 3.05) is 13.6 Å². The summed E-state index contributed by atoms with van der Waals surface area (Å²) in [6, 6.07) is 0.848. The Morgan fingerprint density at radius 3 is 2.69 bits per heavy atom. The average molecular weight is 249 g/mol. The summed E-state index contributed by atoms with van der Waals surface area (Å²) in [5, 5.41) is 3.38. The number of amides is 1. The molecule has 1 unspecified atom stereocenters. The van der Waals surface area contributed by atoms with E-state index in [1.165, 1.54) is 0 Å². The van der Waals surface area contributed by atoms with Gasteiger partial charge in [-0.05, 0) is 39.7 Å². The molecule has 1 fully saturated rings. The molecular formula is C12H25ClN2O. The summed E-state index contributed by atoms with van der Waals surface area (Å²) in [5.74, 6) is 0.568. The monoisotopic (exact) mass is 248 g/mol. The number of carbonyl (C=O) groups is 1. The molecule has 0 spiro atoms. The van der Waals surface area contributed by atoms with Crippen molar-refractivity contribution in [1.82, 2.24) is 10.2 Å². The van der Waals surface area contributed by atoms with Gasteiger partial charge in [-0.15, -0.1) is 12.4 Å². The molecule has 1 N–H and O–H groups in total. The quantitative estimate of drug-likeness (QED) is 0.829. The van der Waals surface area contributed by atoms with Crippen LogP contribution < -0.4 is 5.32 Å². The summed E-state index contributed by atoms with van der Waals surface area (Å²) in [4.78, 5) is 14.1. The molecule has 1 rings (SSSR count). The number of rotatable bonds is 3. The lowest BCUT2D eigenvalue weighted by molar-refractivity contribution is -0.137. The first-order valence-corrected chi connectivity index (χ1v) is 6.06. The van der Waals surface area contributed by atoms with E-state index in [0.717, 1.165) is 25.8 Å². The zero-order valence-electron chi connectivity index (χ0n) is 10.8. The van der Waals surface area contributed by atoms with Crippen molar-refractivity contribution in [3.63, 3.8) is 0 Å². The predicted molar refractivity (Wildman–Crippen MR) is 70.0 cm³/mol. The lowest BCUT2D eigenvalue weighted by atomic mass is 9.91. The highest BCUT2D eigenvalue weighted by molar-refractivity contribution is 5.85. The lowest BCUT2D eigenvalue weighted by Gasteiger charge is -2.32. The molecule has 0 aliphatic carbocycles. The normalized spacial score (nSPS) is 26.8. The first-order valence-electron chi connectivity index (χ1n) is 6.06. The average Bonchev–Trinajstić information content (AvgIpc) is 2.26. The molecule has 1 heterocycles. The fraction of sp³-hybridized carbons (Fsp3) is 0.917. The standard InChI is InChI=1S/C12H24N2O.ClH/c1-5-10(3)14(4)12(15)11-6-7-13-9(2)8-11;/h9-11,13H,5-8H2,1-4H3;1H/t9-,10?,11-;/m0./s1. The summed E-state index contributed by atoms with van der Waals surface area (Å²) >= 11 is 0. The Labute approximate surface area is 105 Å². The first kappa shape index (κ1) is 15.7. The van der Waals surface area contributed by atoms with Gasteiger partial charge in [0.05, 0.1) is 0 Å². The predicted octanol–water partition coefficient (Wildman–Crippen LogP) is 2.05. The van der Waals surface area contributed by atoms with Gasteiger partial charge in [-0.25, -0.2) is 0 Å². The number of hydrogen-bond donors (Lipinski definition) is 1. The van der Waals surface area contributed by atoms with Crippen LogP contribution in [0.5, 0.6) is 0 Å². The lowest BCUT2D eigenvalue weighted by Crippen LogP contribution is -2.45. The molecular weight excluding hydrogens is 224 g/mol. The van der Waals surface area contributed by atoms with Gasteiger partial charge in [0.1, 0.15) is 0 Å². The fourth-order valence-corrected chi connectivity index (χ4v) is 2.14. The molecule has 0 aromatic carbocycles. The molecule has 0 aromatic rings. The zero-order valence-corrected chi connectivity index (χ0v) is 11.6. The summed E-state index contributed by atoms with van der Waals surface area (Å²) in [6.07, 6.45) is 3.01. The first-order chi connectivity index (χ1) is 7.06. The van der Waals surface area contributed by atoms with Gasteiger partial charge in [0.2, 0.25) is 5.91 Å². The summed E-state index contributed by atoms with van der Waals surface area (Å²) in [5.41, 5.74) is 0. The van der Waals surface area contributed by atoms with E-state index < -0.39 is 0 Å². The molecule has 4 heteroatoms. The van der Waals surface area contributed by atoms with Crippen molar-refractivity contribution in [2.24, 2.45) is 5.92 Å². The SMILES string of the molecule is CCC(C)N(C)C(=O)[C@H]1CCN[C@@H](C)C1.Cl. The van der Waals surface area contributed by atoms with Gasteiger partial charge in [-0.1, -0.05) is 6.92 Å². The summed E-state index contributed by atoms with van der Waals surface area (Å²) in [7, 11) is 1.93. The Kier molecular flexibility index (Phi) is 7.00. The molecule has 16 heavy (non-hydrogen) atoms. The van der Waals surface area contributed by atoms with Crippen LogP contribution >= 0.6 is 12.4 Å². The molecule has 0 aromatic heterocycles. The van der Waals surface area contributed by atoms with Crippen LogP contribution in [0.2, 0.25) is 0 Å². The van der Waals surface area contributed by atoms with Crippen LogP contribution in [0.4, 0.5) is 0 Å². The second kappa shape index (κ2) is 7.13. The smallest absolute Gasteiger partial charge is 0.225 e. The molecule has 0 radical (unpaired) electrons. The van der Waals surface area contributed by atoms with Crippen molar-refractivity contribution >= 4 is 18.3 Å². The third-order valence-corrected chi connectivity index (χ3v) is 3.57. The highest BCUT2D eigenvalue weighted by Gasteiger charge is 2.28. The molecule has 1 aliphatic rings. The minimum absolute atomic E-state index is 0. The summed E-state index contributed by atoms with van der Waals surface area (Å²) < 4.78 is 0. The molecule has 0 saturated carbocycles. The maximum atomic E-state index is 12.1. The van der Waals surface area contributed by atoms with Crippen molar-refractivity contribution in [3.8, 4) is 0 Å². The van der Waals surface area contributed by atoms with Crippen molar-refractivity contribution in [3.05, 3.63) is 0 Å². The topological polar surface area (TPSA) is 32.3 Å². The molecule has 1 amide bonds. The van der Waals surface area contributed by atoms with Crippen LogP contribution in [0.1, 0.15) is 40.0 Å². The van der Waals surface area contributed by atoms with Crippen LogP contribution in [0, 0.1) is 5.92 Å². The van der Waals surface area contributed by atoms with Gasteiger partial charge < -0.3 is 10.2 Å². The second-order valence-corrected chi connectivity index (χ2v) is 4.78. The fourth-order valence-electron chi connectivity index (χ4n) is 2.14. The molecule has 0 bridgehead atoms. The number of hydrogen-bond acceptors (Lipinski definition) is 2. The molecule has 3 atom stereocenters. The van der Waals surface area contributed by atoms with Crippen LogP contribution in [-0.2, 0) is 4.79 Å². The summed E-state index contributed by atoms with van der Waals surface area (Å²) in [6.45, 7) is 7.37. The number of carbonyl (C=O) groups excluding carboxylic acids is 1. The number of nitrogens with zero attached hydrogens (tertiary/aromatic N) is 1. The van der Waals surface area contributed by atoms with E-state index in [4.69, 9.17) is 0 Å². The minimum Gasteiger partial charge on any atom is -0.343 e. The third kappa shape index (κ3) is 3.95. The van der Waals surface area contributed by atoms with Crippen LogP contribution in [0.3, 0.4) is 0 Å². The van der Waals surface area contributed by atoms with E-state index in [9.17, 15) is 4.79 Å².